The molecule has 0 saturated carbocycles. The Morgan fingerprint density at radius 1 is 1.17 bits per heavy atom. The molecule has 2 aliphatic rings. The van der Waals surface area contributed by atoms with Crippen LogP contribution in [0.15, 0.2) is 4.99 Å². The molecule has 0 bridgehead atoms. The maximum absolute atomic E-state index is 4.42. The van der Waals surface area contributed by atoms with Crippen LogP contribution in [0.1, 0.15) is 39.5 Å². The van der Waals surface area contributed by atoms with Gasteiger partial charge in [0.25, 0.3) is 0 Å². The lowest BCUT2D eigenvalue weighted by Gasteiger charge is -2.34. The molecule has 0 aromatic heterocycles. The Bertz CT molecular complexity index is 366. The van der Waals surface area contributed by atoms with E-state index in [2.05, 4.69) is 46.3 Å². The van der Waals surface area contributed by atoms with Crippen LogP contribution in [0.5, 0.6) is 0 Å². The summed E-state index contributed by atoms with van der Waals surface area (Å²) in [7, 11) is 4.11. The zero-order valence-electron chi connectivity index (χ0n) is 16.1. The monoisotopic (exact) mass is 451 g/mol. The molecule has 1 unspecified atom stereocenters. The van der Waals surface area contributed by atoms with Gasteiger partial charge in [-0.1, -0.05) is 13.8 Å². The van der Waals surface area contributed by atoms with E-state index in [0.717, 1.165) is 24.3 Å². The zero-order chi connectivity index (χ0) is 16.7. The fourth-order valence-corrected chi connectivity index (χ4v) is 3.85. The quantitative estimate of drug-likeness (QED) is 0.382. The zero-order valence-corrected chi connectivity index (χ0v) is 18.4. The Hall–Kier alpha value is -0.0800. The predicted octanol–water partition coefficient (Wildman–Crippen LogP) is 2.23. The molecule has 0 aliphatic carbocycles. The van der Waals surface area contributed by atoms with E-state index >= 15 is 0 Å². The van der Waals surface area contributed by atoms with Crippen molar-refractivity contribution in [3.63, 3.8) is 0 Å². The highest BCUT2D eigenvalue weighted by molar-refractivity contribution is 14.0. The third-order valence-corrected chi connectivity index (χ3v) is 5.06. The first kappa shape index (κ1) is 22.0. The molecule has 0 spiro atoms. The number of halogens is 1. The summed E-state index contributed by atoms with van der Waals surface area (Å²) in [5, 5.41) is 7.18. The van der Waals surface area contributed by atoms with Gasteiger partial charge in [-0.15, -0.1) is 24.0 Å². The maximum atomic E-state index is 4.42. The Labute approximate surface area is 166 Å². The van der Waals surface area contributed by atoms with Gasteiger partial charge in [0.15, 0.2) is 5.96 Å². The van der Waals surface area contributed by atoms with Gasteiger partial charge < -0.3 is 20.4 Å². The molecule has 142 valence electrons. The van der Waals surface area contributed by atoms with Crippen molar-refractivity contribution in [2.45, 2.75) is 45.6 Å². The highest BCUT2D eigenvalue weighted by Gasteiger charge is 2.21. The standard InChI is InChI=1S/C18H37N5.HI/c1-15(2)13-23-10-7-17(8-11-23)21-18(19-3)20-12-16-6-5-9-22(4)14-16;/h15-17H,5-14H2,1-4H3,(H2,19,20,21);1H. The first-order valence-corrected chi connectivity index (χ1v) is 9.45. The molecule has 0 radical (unpaired) electrons. The highest BCUT2D eigenvalue weighted by atomic mass is 127. The molecule has 5 nitrogen and oxygen atoms in total. The molecule has 2 aliphatic heterocycles. The van der Waals surface area contributed by atoms with Crippen molar-refractivity contribution < 1.29 is 0 Å². The number of rotatable bonds is 5. The summed E-state index contributed by atoms with van der Waals surface area (Å²) < 4.78 is 0. The molecule has 0 aromatic carbocycles. The second-order valence-electron chi connectivity index (χ2n) is 7.84. The van der Waals surface area contributed by atoms with E-state index < -0.39 is 0 Å². The van der Waals surface area contributed by atoms with Gasteiger partial charge in [0.2, 0.25) is 0 Å². The largest absolute Gasteiger partial charge is 0.356 e. The minimum Gasteiger partial charge on any atom is -0.356 e. The second kappa shape index (κ2) is 11.5. The second-order valence-corrected chi connectivity index (χ2v) is 7.84. The van der Waals surface area contributed by atoms with Gasteiger partial charge in [-0.3, -0.25) is 4.99 Å². The van der Waals surface area contributed by atoms with Crippen molar-refractivity contribution in [2.75, 3.05) is 53.4 Å². The minimum atomic E-state index is 0. The number of hydrogen-bond donors (Lipinski definition) is 2. The number of nitrogens with one attached hydrogen (secondary N) is 2. The van der Waals surface area contributed by atoms with Crippen LogP contribution < -0.4 is 10.6 Å². The third-order valence-electron chi connectivity index (χ3n) is 5.06. The SMILES string of the molecule is CN=C(NCC1CCCN(C)C1)NC1CCN(CC(C)C)CC1.I. The van der Waals surface area contributed by atoms with Gasteiger partial charge in [0.1, 0.15) is 0 Å². The Morgan fingerprint density at radius 3 is 2.46 bits per heavy atom. The van der Waals surface area contributed by atoms with Crippen LogP contribution in [-0.4, -0.2) is 75.2 Å². The normalized spacial score (nSPS) is 24.7. The summed E-state index contributed by atoms with van der Waals surface area (Å²) in [6, 6.07) is 0.568. The van der Waals surface area contributed by atoms with E-state index in [-0.39, 0.29) is 24.0 Å². The van der Waals surface area contributed by atoms with Gasteiger partial charge in [0.05, 0.1) is 0 Å². The lowest BCUT2D eigenvalue weighted by atomic mass is 9.98. The number of nitrogens with zero attached hydrogens (tertiary/aromatic N) is 3. The van der Waals surface area contributed by atoms with E-state index in [9.17, 15) is 0 Å². The molecular weight excluding hydrogens is 413 g/mol. The van der Waals surface area contributed by atoms with E-state index in [4.69, 9.17) is 0 Å². The van der Waals surface area contributed by atoms with Crippen LogP contribution in [-0.2, 0) is 0 Å². The van der Waals surface area contributed by atoms with Crippen molar-refractivity contribution in [1.82, 2.24) is 20.4 Å². The van der Waals surface area contributed by atoms with E-state index in [1.54, 1.807) is 0 Å². The number of guanidine groups is 1. The van der Waals surface area contributed by atoms with Gasteiger partial charge in [-0.05, 0) is 51.1 Å². The van der Waals surface area contributed by atoms with E-state index in [1.807, 2.05) is 7.05 Å². The van der Waals surface area contributed by atoms with Crippen molar-refractivity contribution in [3.05, 3.63) is 0 Å². The molecule has 6 heteroatoms. The molecule has 2 heterocycles. The Kier molecular flexibility index (Phi) is 10.5. The highest BCUT2D eigenvalue weighted by Crippen LogP contribution is 2.14. The molecule has 2 N–H and O–H groups in total. The van der Waals surface area contributed by atoms with Gasteiger partial charge >= 0.3 is 0 Å². The van der Waals surface area contributed by atoms with Crippen molar-refractivity contribution >= 4 is 29.9 Å². The average molecular weight is 451 g/mol. The summed E-state index contributed by atoms with van der Waals surface area (Å²) in [6.45, 7) is 11.7. The summed E-state index contributed by atoms with van der Waals surface area (Å²) in [4.78, 5) is 9.46. The number of hydrogen-bond acceptors (Lipinski definition) is 3. The molecule has 2 fully saturated rings. The van der Waals surface area contributed by atoms with Crippen LogP contribution in [0.25, 0.3) is 0 Å². The fourth-order valence-electron chi connectivity index (χ4n) is 3.85. The smallest absolute Gasteiger partial charge is 0.191 e. The molecule has 0 aromatic rings. The van der Waals surface area contributed by atoms with Crippen LogP contribution in [0.4, 0.5) is 0 Å². The predicted molar refractivity (Wildman–Crippen MR) is 114 cm³/mol. The molecule has 0 amide bonds. The van der Waals surface area contributed by atoms with E-state index in [1.165, 1.54) is 58.4 Å². The molecule has 2 rings (SSSR count). The average Bonchev–Trinajstić information content (AvgIpc) is 2.52. The van der Waals surface area contributed by atoms with Gasteiger partial charge in [-0.2, -0.15) is 0 Å². The number of likely N-dealkylation sites (tertiary alicyclic amines) is 2. The third kappa shape index (κ3) is 7.87. The molecule has 2 saturated heterocycles. The fraction of sp³-hybridized carbons (Fsp3) is 0.944. The molecular formula is C18H38IN5. The van der Waals surface area contributed by atoms with Crippen LogP contribution in [0, 0.1) is 11.8 Å². The topological polar surface area (TPSA) is 42.9 Å². The lowest BCUT2D eigenvalue weighted by molar-refractivity contribution is 0.186. The number of aliphatic imine (C=N–C) groups is 1. The van der Waals surface area contributed by atoms with Gasteiger partial charge in [0, 0.05) is 45.8 Å². The van der Waals surface area contributed by atoms with E-state index in [0.29, 0.717) is 6.04 Å². The van der Waals surface area contributed by atoms with Crippen molar-refractivity contribution in [1.29, 1.82) is 0 Å². The maximum Gasteiger partial charge on any atom is 0.191 e. The summed E-state index contributed by atoms with van der Waals surface area (Å²) in [5.74, 6) is 2.50. The summed E-state index contributed by atoms with van der Waals surface area (Å²) in [5.41, 5.74) is 0. The Balaban J connectivity index is 0.00000288. The Morgan fingerprint density at radius 2 is 1.88 bits per heavy atom. The molecule has 24 heavy (non-hydrogen) atoms. The van der Waals surface area contributed by atoms with Crippen LogP contribution in [0.2, 0.25) is 0 Å². The van der Waals surface area contributed by atoms with Crippen molar-refractivity contribution in [2.24, 2.45) is 16.8 Å². The minimum absolute atomic E-state index is 0. The summed E-state index contributed by atoms with van der Waals surface area (Å²) in [6.07, 6.45) is 5.10. The van der Waals surface area contributed by atoms with Gasteiger partial charge in [-0.25, -0.2) is 0 Å². The molecule has 1 atom stereocenters. The number of piperidine rings is 2. The van der Waals surface area contributed by atoms with Crippen LogP contribution >= 0.6 is 24.0 Å². The first-order valence-electron chi connectivity index (χ1n) is 9.45. The first-order chi connectivity index (χ1) is 11.1. The summed E-state index contributed by atoms with van der Waals surface area (Å²) >= 11 is 0. The van der Waals surface area contributed by atoms with Crippen molar-refractivity contribution in [3.8, 4) is 0 Å². The van der Waals surface area contributed by atoms with Crippen LogP contribution in [0.3, 0.4) is 0 Å². The lowest BCUT2D eigenvalue weighted by Crippen LogP contribution is -2.50.